The molecular weight excluding hydrogens is 637 g/mol. The van der Waals surface area contributed by atoms with Crippen molar-refractivity contribution >= 4 is 70.4 Å². The summed E-state index contributed by atoms with van der Waals surface area (Å²) in [6, 6.07) is 70.4. The zero-order valence-corrected chi connectivity index (χ0v) is 28.6. The second kappa shape index (κ2) is 12.2. The lowest BCUT2D eigenvalue weighted by Gasteiger charge is -2.26. The first-order valence-corrected chi connectivity index (χ1v) is 18.2. The third kappa shape index (κ3) is 5.01. The van der Waals surface area contributed by atoms with Gasteiger partial charge in [0.1, 0.15) is 0 Å². The fourth-order valence-corrected chi connectivity index (χ4v) is 8.79. The molecule has 0 N–H and O–H groups in total. The van der Waals surface area contributed by atoms with E-state index in [2.05, 4.69) is 204 Å². The fraction of sp³-hybridized carbons (Fsp3) is 0. The molecule has 0 saturated carbocycles. The molecule has 0 amide bonds. The maximum absolute atomic E-state index is 2.44. The summed E-state index contributed by atoms with van der Waals surface area (Å²) in [4.78, 5) is 2.44. The summed E-state index contributed by atoms with van der Waals surface area (Å²) in [7, 11) is 0. The molecule has 8 aromatic carbocycles. The summed E-state index contributed by atoms with van der Waals surface area (Å²) in [6.07, 6.45) is 0. The van der Waals surface area contributed by atoms with Crippen LogP contribution in [-0.2, 0) is 0 Å². The Balaban J connectivity index is 1.19. The number of hydrogen-bond acceptors (Lipinski definition) is 2. The molecule has 2 aromatic heterocycles. The summed E-state index contributed by atoms with van der Waals surface area (Å²) < 4.78 is 5.00. The Morgan fingerprint density at radius 3 is 1.65 bits per heavy atom. The highest BCUT2D eigenvalue weighted by Gasteiger charge is 2.20. The molecule has 2 heterocycles. The molecular formula is C48H32N2S. The largest absolute Gasteiger partial charge is 0.309 e. The van der Waals surface area contributed by atoms with Crippen molar-refractivity contribution in [1.29, 1.82) is 0 Å². The molecule has 0 unspecified atom stereocenters. The molecule has 0 atom stereocenters. The lowest BCUT2D eigenvalue weighted by molar-refractivity contribution is 1.18. The first-order valence-electron chi connectivity index (χ1n) is 17.4. The highest BCUT2D eigenvalue weighted by atomic mass is 32.1. The van der Waals surface area contributed by atoms with Gasteiger partial charge in [-0.25, -0.2) is 0 Å². The number of anilines is 3. The zero-order valence-electron chi connectivity index (χ0n) is 27.8. The Hall–Kier alpha value is -6.42. The molecule has 2 nitrogen and oxygen atoms in total. The molecule has 0 spiro atoms. The fourth-order valence-electron chi connectivity index (χ4n) is 7.58. The van der Waals surface area contributed by atoms with Crippen molar-refractivity contribution in [3.63, 3.8) is 0 Å². The van der Waals surface area contributed by atoms with Gasteiger partial charge >= 0.3 is 0 Å². The standard InChI is InChI=1S/C48H32N2S/c1-3-12-33(13-4-1)35-22-26-37(27-23-35)49(45-20-11-18-43-42-17-8-10-21-47(42)51-48(43)45)39-30-31-41-40-16-7-9-19-44(40)50(46(41)32-39)38-28-24-36(25-29-38)34-14-5-2-6-15-34/h1-32H. The number of aromatic nitrogens is 1. The van der Waals surface area contributed by atoms with Crippen LogP contribution in [0.4, 0.5) is 17.1 Å². The Morgan fingerprint density at radius 2 is 0.922 bits per heavy atom. The maximum Gasteiger partial charge on any atom is 0.0640 e. The summed E-state index contributed by atoms with van der Waals surface area (Å²) in [5, 5.41) is 5.07. The van der Waals surface area contributed by atoms with Gasteiger partial charge < -0.3 is 9.47 Å². The van der Waals surface area contributed by atoms with Crippen molar-refractivity contribution in [2.75, 3.05) is 4.90 Å². The van der Waals surface area contributed by atoms with Gasteiger partial charge in [0.15, 0.2) is 0 Å². The topological polar surface area (TPSA) is 8.17 Å². The van der Waals surface area contributed by atoms with Crippen molar-refractivity contribution in [3.05, 3.63) is 194 Å². The van der Waals surface area contributed by atoms with Crippen LogP contribution in [0.25, 0.3) is 69.9 Å². The van der Waals surface area contributed by atoms with E-state index in [1.54, 1.807) is 0 Å². The van der Waals surface area contributed by atoms with Gasteiger partial charge in [0.05, 0.1) is 21.4 Å². The lowest BCUT2D eigenvalue weighted by atomic mass is 10.0. The molecule has 0 aliphatic rings. The number of thiophene rings is 1. The van der Waals surface area contributed by atoms with E-state index in [1.807, 2.05) is 11.3 Å². The second-order valence-electron chi connectivity index (χ2n) is 13.0. The first kappa shape index (κ1) is 29.5. The Morgan fingerprint density at radius 1 is 0.373 bits per heavy atom. The minimum Gasteiger partial charge on any atom is -0.309 e. The van der Waals surface area contributed by atoms with E-state index in [4.69, 9.17) is 0 Å². The van der Waals surface area contributed by atoms with Crippen LogP contribution in [0.15, 0.2) is 194 Å². The third-order valence-electron chi connectivity index (χ3n) is 10.0. The molecule has 0 bridgehead atoms. The average molecular weight is 669 g/mol. The van der Waals surface area contributed by atoms with Crippen LogP contribution in [0.1, 0.15) is 0 Å². The van der Waals surface area contributed by atoms with E-state index >= 15 is 0 Å². The first-order chi connectivity index (χ1) is 25.3. The van der Waals surface area contributed by atoms with Crippen LogP contribution in [-0.4, -0.2) is 4.57 Å². The molecule has 3 heteroatoms. The van der Waals surface area contributed by atoms with E-state index in [0.29, 0.717) is 0 Å². The van der Waals surface area contributed by atoms with Crippen LogP contribution < -0.4 is 4.90 Å². The third-order valence-corrected chi connectivity index (χ3v) is 11.2. The minimum absolute atomic E-state index is 1.12. The predicted octanol–water partition coefficient (Wildman–Crippen LogP) is 14.0. The van der Waals surface area contributed by atoms with Gasteiger partial charge in [-0.2, -0.15) is 0 Å². The number of rotatable bonds is 6. The molecule has 0 aliphatic heterocycles. The number of nitrogens with zero attached hydrogens (tertiary/aromatic N) is 2. The SMILES string of the molecule is c1ccc(-c2ccc(N(c3ccc4c5ccccc5n(-c5ccc(-c6ccccc6)cc5)c4c3)c3cccc4c3sc3ccccc34)cc2)cc1. The van der Waals surface area contributed by atoms with Crippen molar-refractivity contribution in [2.24, 2.45) is 0 Å². The van der Waals surface area contributed by atoms with Crippen molar-refractivity contribution in [3.8, 4) is 27.9 Å². The Bertz CT molecular complexity index is 2830. The summed E-state index contributed by atoms with van der Waals surface area (Å²) in [6.45, 7) is 0. The van der Waals surface area contributed by atoms with Gasteiger partial charge in [0.2, 0.25) is 0 Å². The molecule has 10 rings (SSSR count). The van der Waals surface area contributed by atoms with Gasteiger partial charge in [-0.15, -0.1) is 11.3 Å². The summed E-state index contributed by atoms with van der Waals surface area (Å²) in [5.74, 6) is 0. The van der Waals surface area contributed by atoms with Crippen LogP contribution >= 0.6 is 11.3 Å². The van der Waals surface area contributed by atoms with Crippen LogP contribution in [0, 0.1) is 0 Å². The quantitative estimate of drug-likeness (QED) is 0.171. The number of para-hydroxylation sites is 1. The van der Waals surface area contributed by atoms with Crippen LogP contribution in [0.2, 0.25) is 0 Å². The minimum atomic E-state index is 1.12. The van der Waals surface area contributed by atoms with Gasteiger partial charge in [-0.1, -0.05) is 140 Å². The highest BCUT2D eigenvalue weighted by molar-refractivity contribution is 7.26. The van der Waals surface area contributed by atoms with Gasteiger partial charge in [-0.05, 0) is 76.9 Å². The molecule has 0 radical (unpaired) electrons. The van der Waals surface area contributed by atoms with E-state index in [1.165, 1.54) is 69.9 Å². The van der Waals surface area contributed by atoms with Crippen LogP contribution in [0.5, 0.6) is 0 Å². The summed E-state index contributed by atoms with van der Waals surface area (Å²) >= 11 is 1.87. The van der Waals surface area contributed by atoms with Crippen molar-refractivity contribution in [1.82, 2.24) is 4.57 Å². The van der Waals surface area contributed by atoms with Crippen molar-refractivity contribution in [2.45, 2.75) is 0 Å². The number of benzene rings is 8. The molecule has 0 fully saturated rings. The molecule has 0 aliphatic carbocycles. The predicted molar refractivity (Wildman–Crippen MR) is 219 cm³/mol. The van der Waals surface area contributed by atoms with E-state index in [9.17, 15) is 0 Å². The van der Waals surface area contributed by atoms with Crippen LogP contribution in [0.3, 0.4) is 0 Å². The van der Waals surface area contributed by atoms with E-state index in [0.717, 1.165) is 17.1 Å². The van der Waals surface area contributed by atoms with Gasteiger partial charge in [0.25, 0.3) is 0 Å². The monoisotopic (exact) mass is 668 g/mol. The second-order valence-corrected chi connectivity index (χ2v) is 14.0. The molecule has 51 heavy (non-hydrogen) atoms. The number of hydrogen-bond donors (Lipinski definition) is 0. The number of fused-ring (bicyclic) bond motifs is 6. The zero-order chi connectivity index (χ0) is 33.7. The highest BCUT2D eigenvalue weighted by Crippen LogP contribution is 2.46. The Kier molecular flexibility index (Phi) is 7.04. The summed E-state index contributed by atoms with van der Waals surface area (Å²) in [5.41, 5.74) is 11.8. The molecule has 0 saturated heterocycles. The maximum atomic E-state index is 2.44. The smallest absolute Gasteiger partial charge is 0.0640 e. The van der Waals surface area contributed by atoms with E-state index < -0.39 is 0 Å². The average Bonchev–Trinajstić information content (AvgIpc) is 3.75. The molecule has 240 valence electrons. The van der Waals surface area contributed by atoms with Gasteiger partial charge in [-0.3, -0.25) is 0 Å². The Labute approximate surface area is 300 Å². The normalized spacial score (nSPS) is 11.5. The van der Waals surface area contributed by atoms with Crippen molar-refractivity contribution < 1.29 is 0 Å². The van der Waals surface area contributed by atoms with Gasteiger partial charge in [0, 0.05) is 43.3 Å². The van der Waals surface area contributed by atoms with E-state index in [-0.39, 0.29) is 0 Å². The molecule has 10 aromatic rings. The lowest BCUT2D eigenvalue weighted by Crippen LogP contribution is -2.10.